The lowest BCUT2D eigenvalue weighted by molar-refractivity contribution is 1.19. The number of benzene rings is 5. The maximum atomic E-state index is 4.75. The number of rotatable bonds is 5. The zero-order chi connectivity index (χ0) is 35.0. The predicted molar refractivity (Wildman–Crippen MR) is 220 cm³/mol. The van der Waals surface area contributed by atoms with Crippen LogP contribution in [0.4, 0.5) is 0 Å². The van der Waals surface area contributed by atoms with Crippen LogP contribution in [0, 0.1) is 0 Å². The number of para-hydroxylation sites is 1. The third kappa shape index (κ3) is 5.34. The van der Waals surface area contributed by atoms with Gasteiger partial charge in [0.05, 0.1) is 28.1 Å². The third-order valence-electron chi connectivity index (χ3n) is 9.58. The number of hydrogen-bond donors (Lipinski definition) is 0. The summed E-state index contributed by atoms with van der Waals surface area (Å²) >= 11 is 1.82. The Balaban J connectivity index is 0.00000177. The second-order valence-corrected chi connectivity index (χ2v) is 13.5. The molecular weight excluding hydrogens is 653 g/mol. The molecule has 52 heavy (non-hydrogen) atoms. The van der Waals surface area contributed by atoms with Crippen LogP contribution in [0.5, 0.6) is 0 Å². The fourth-order valence-corrected chi connectivity index (χ4v) is 8.42. The van der Waals surface area contributed by atoms with Crippen molar-refractivity contribution >= 4 is 53.3 Å². The molecular formula is C47H34N4S. The van der Waals surface area contributed by atoms with Gasteiger partial charge in [0.1, 0.15) is 0 Å². The quantitative estimate of drug-likeness (QED) is 0.181. The van der Waals surface area contributed by atoms with Crippen LogP contribution in [-0.4, -0.2) is 19.5 Å². The highest BCUT2D eigenvalue weighted by Gasteiger charge is 2.18. The van der Waals surface area contributed by atoms with Gasteiger partial charge in [0.25, 0.3) is 0 Å². The summed E-state index contributed by atoms with van der Waals surface area (Å²) in [5.74, 6) is 0. The fraction of sp³-hybridized carbons (Fsp3) is 0.0426. The van der Waals surface area contributed by atoms with Crippen LogP contribution in [0.15, 0.2) is 170 Å². The lowest BCUT2D eigenvalue weighted by atomic mass is 9.96. The SMILES string of the molecule is CC.c1ccc(-c2ccccc2-c2ccc3c(c2)c2ccccc2n3-c2ccc3sc4cc(-c5ccccn5)c(-c5ccccn5)cc4c3c2)nc1. The summed E-state index contributed by atoms with van der Waals surface area (Å²) in [6.07, 6.45) is 5.57. The molecule has 0 N–H and O–H groups in total. The molecule has 5 heterocycles. The minimum Gasteiger partial charge on any atom is -0.309 e. The highest BCUT2D eigenvalue weighted by molar-refractivity contribution is 7.25. The van der Waals surface area contributed by atoms with Gasteiger partial charge in [-0.1, -0.05) is 80.6 Å². The Morgan fingerprint density at radius 1 is 0.404 bits per heavy atom. The molecule has 10 aromatic rings. The van der Waals surface area contributed by atoms with E-state index in [0.717, 1.165) is 39.5 Å². The molecule has 248 valence electrons. The predicted octanol–water partition coefficient (Wildman–Crippen LogP) is 13.0. The molecule has 0 amide bonds. The van der Waals surface area contributed by atoms with Crippen molar-refractivity contribution in [2.75, 3.05) is 0 Å². The molecule has 0 aliphatic heterocycles. The second-order valence-electron chi connectivity index (χ2n) is 12.5. The highest BCUT2D eigenvalue weighted by atomic mass is 32.1. The summed E-state index contributed by atoms with van der Waals surface area (Å²) in [5.41, 5.74) is 12.0. The molecule has 5 aromatic heterocycles. The summed E-state index contributed by atoms with van der Waals surface area (Å²) in [7, 11) is 0. The van der Waals surface area contributed by atoms with E-state index in [1.54, 1.807) is 0 Å². The van der Waals surface area contributed by atoms with E-state index < -0.39 is 0 Å². The first-order chi connectivity index (χ1) is 25.8. The molecule has 0 aliphatic rings. The van der Waals surface area contributed by atoms with Gasteiger partial charge in [-0.3, -0.25) is 15.0 Å². The first kappa shape index (κ1) is 31.5. The van der Waals surface area contributed by atoms with Gasteiger partial charge in [-0.05, 0) is 96.1 Å². The molecule has 5 aromatic carbocycles. The summed E-state index contributed by atoms with van der Waals surface area (Å²) in [5, 5.41) is 4.91. The Hall–Kier alpha value is -6.43. The van der Waals surface area contributed by atoms with Gasteiger partial charge in [-0.25, -0.2) is 0 Å². The van der Waals surface area contributed by atoms with Crippen LogP contribution in [0.3, 0.4) is 0 Å². The number of nitrogens with zero attached hydrogens (tertiary/aromatic N) is 4. The van der Waals surface area contributed by atoms with Crippen molar-refractivity contribution in [2.24, 2.45) is 0 Å². The first-order valence-corrected chi connectivity index (χ1v) is 18.5. The molecule has 5 heteroatoms. The van der Waals surface area contributed by atoms with Crippen molar-refractivity contribution < 1.29 is 0 Å². The van der Waals surface area contributed by atoms with E-state index >= 15 is 0 Å². The minimum atomic E-state index is 0.938. The molecule has 10 rings (SSSR count). The van der Waals surface area contributed by atoms with Gasteiger partial charge >= 0.3 is 0 Å². The molecule has 0 atom stereocenters. The summed E-state index contributed by atoms with van der Waals surface area (Å²) in [6.45, 7) is 4.00. The Morgan fingerprint density at radius 2 is 0.981 bits per heavy atom. The van der Waals surface area contributed by atoms with E-state index in [-0.39, 0.29) is 0 Å². The van der Waals surface area contributed by atoms with Crippen molar-refractivity contribution in [3.05, 3.63) is 170 Å². The normalized spacial score (nSPS) is 11.3. The van der Waals surface area contributed by atoms with E-state index in [2.05, 4.69) is 125 Å². The second kappa shape index (κ2) is 13.4. The Labute approximate surface area is 306 Å². The third-order valence-corrected chi connectivity index (χ3v) is 10.7. The van der Waals surface area contributed by atoms with Crippen molar-refractivity contribution in [1.82, 2.24) is 19.5 Å². The summed E-state index contributed by atoms with van der Waals surface area (Å²) in [4.78, 5) is 14.1. The van der Waals surface area contributed by atoms with Crippen LogP contribution in [0.25, 0.3) is 92.6 Å². The van der Waals surface area contributed by atoms with Crippen molar-refractivity contribution in [3.63, 3.8) is 0 Å². The standard InChI is InChI=1S/C45H28N4S.C2H6/c1-2-12-32(39-14-5-8-22-46-39)31(11-1)29-18-20-43-36(25-29)33-13-3-4-17-42(33)49(43)30-19-21-44-37(26-30)38-27-34(40-15-6-9-23-47-40)35(28-45(38)50-44)41-16-7-10-24-48-41;1-2/h1-28H;1-2H3. The van der Waals surface area contributed by atoms with Gasteiger partial charge in [0, 0.05) is 71.9 Å². The zero-order valence-electron chi connectivity index (χ0n) is 28.9. The van der Waals surface area contributed by atoms with Crippen LogP contribution in [0.2, 0.25) is 0 Å². The van der Waals surface area contributed by atoms with Crippen molar-refractivity contribution in [2.45, 2.75) is 13.8 Å². The summed E-state index contributed by atoms with van der Waals surface area (Å²) < 4.78 is 4.89. The Kier molecular flexibility index (Phi) is 8.11. The van der Waals surface area contributed by atoms with E-state index in [9.17, 15) is 0 Å². The molecule has 0 bridgehead atoms. The molecule has 0 aliphatic carbocycles. The number of thiophene rings is 1. The average Bonchev–Trinajstić information content (AvgIpc) is 3.76. The van der Waals surface area contributed by atoms with Crippen LogP contribution < -0.4 is 0 Å². The molecule has 4 nitrogen and oxygen atoms in total. The average molecular weight is 687 g/mol. The number of hydrogen-bond acceptors (Lipinski definition) is 4. The molecule has 0 saturated carbocycles. The number of aromatic nitrogens is 4. The van der Waals surface area contributed by atoms with Gasteiger partial charge in [0.2, 0.25) is 0 Å². The molecule has 0 spiro atoms. The Morgan fingerprint density at radius 3 is 1.67 bits per heavy atom. The van der Waals surface area contributed by atoms with Gasteiger partial charge in [0.15, 0.2) is 0 Å². The highest BCUT2D eigenvalue weighted by Crippen LogP contribution is 2.43. The minimum absolute atomic E-state index is 0.938. The Bertz CT molecular complexity index is 2860. The lowest BCUT2D eigenvalue weighted by Crippen LogP contribution is -1.93. The number of fused-ring (bicyclic) bond motifs is 6. The molecule has 0 radical (unpaired) electrons. The van der Waals surface area contributed by atoms with Gasteiger partial charge in [-0.15, -0.1) is 11.3 Å². The van der Waals surface area contributed by atoms with Crippen molar-refractivity contribution in [1.29, 1.82) is 0 Å². The smallest absolute Gasteiger partial charge is 0.0709 e. The zero-order valence-corrected chi connectivity index (χ0v) is 29.7. The van der Waals surface area contributed by atoms with Crippen molar-refractivity contribution in [3.8, 4) is 50.6 Å². The number of pyridine rings is 3. The van der Waals surface area contributed by atoms with Crippen LogP contribution in [-0.2, 0) is 0 Å². The van der Waals surface area contributed by atoms with Crippen LogP contribution >= 0.6 is 11.3 Å². The fourth-order valence-electron chi connectivity index (χ4n) is 7.32. The van der Waals surface area contributed by atoms with Gasteiger partial charge < -0.3 is 4.57 Å². The largest absolute Gasteiger partial charge is 0.309 e. The summed E-state index contributed by atoms with van der Waals surface area (Å²) in [6, 6.07) is 53.8. The first-order valence-electron chi connectivity index (χ1n) is 17.7. The molecule has 0 unspecified atom stereocenters. The maximum Gasteiger partial charge on any atom is 0.0709 e. The van der Waals surface area contributed by atoms with E-state index in [0.29, 0.717) is 0 Å². The maximum absolute atomic E-state index is 4.75. The van der Waals surface area contributed by atoms with E-state index in [1.807, 2.05) is 80.2 Å². The van der Waals surface area contributed by atoms with E-state index in [4.69, 9.17) is 9.97 Å². The van der Waals surface area contributed by atoms with E-state index in [1.165, 1.54) is 53.1 Å². The molecule has 0 saturated heterocycles. The molecule has 0 fully saturated rings. The topological polar surface area (TPSA) is 43.6 Å². The lowest BCUT2D eigenvalue weighted by Gasteiger charge is -2.11. The van der Waals surface area contributed by atoms with Crippen LogP contribution in [0.1, 0.15) is 13.8 Å². The monoisotopic (exact) mass is 686 g/mol. The van der Waals surface area contributed by atoms with Gasteiger partial charge in [-0.2, -0.15) is 0 Å².